The van der Waals surface area contributed by atoms with Gasteiger partial charge < -0.3 is 15.7 Å². The van der Waals surface area contributed by atoms with Gasteiger partial charge in [0.25, 0.3) is 0 Å². The zero-order valence-electron chi connectivity index (χ0n) is 11.2. The van der Waals surface area contributed by atoms with E-state index in [1.54, 1.807) is 18.2 Å². The molecule has 0 heterocycles. The molecule has 0 spiro atoms. The van der Waals surface area contributed by atoms with Gasteiger partial charge in [-0.2, -0.15) is 0 Å². The molecule has 1 aromatic rings. The number of terminal acetylenes is 1. The molecule has 0 atom stereocenters. The monoisotopic (exact) mass is 274 g/mol. The van der Waals surface area contributed by atoms with Crippen molar-refractivity contribution in [2.45, 2.75) is 25.7 Å². The third kappa shape index (κ3) is 5.91. The molecular formula is C15H18N2O3. The summed E-state index contributed by atoms with van der Waals surface area (Å²) in [5, 5.41) is 14.1. The number of hydrogen-bond acceptors (Lipinski definition) is 2. The molecule has 0 saturated carbocycles. The standard InChI is InChI=1S/C15H18N2O3/c1-2-3-6-11-16-15(20)17-13-8-5-4-7-12(13)9-10-14(18)19/h1,4-5,7-8H,3,6,9-11H2,(H,18,19)(H2,16,17,20). The SMILES string of the molecule is C#CCCCNC(=O)Nc1ccccc1CCC(=O)O. The van der Waals surface area contributed by atoms with Gasteiger partial charge in [-0.05, 0) is 24.5 Å². The van der Waals surface area contributed by atoms with E-state index in [0.29, 0.717) is 25.1 Å². The average molecular weight is 274 g/mol. The first-order valence-corrected chi connectivity index (χ1v) is 6.41. The van der Waals surface area contributed by atoms with Gasteiger partial charge in [-0.15, -0.1) is 12.3 Å². The quantitative estimate of drug-likeness (QED) is 0.527. The maximum atomic E-state index is 11.7. The van der Waals surface area contributed by atoms with Gasteiger partial charge in [-0.1, -0.05) is 18.2 Å². The van der Waals surface area contributed by atoms with Crippen LogP contribution in [0.4, 0.5) is 10.5 Å². The van der Waals surface area contributed by atoms with Crippen LogP contribution in [0.25, 0.3) is 0 Å². The Labute approximate surface area is 118 Å². The van der Waals surface area contributed by atoms with Gasteiger partial charge >= 0.3 is 12.0 Å². The van der Waals surface area contributed by atoms with E-state index in [0.717, 1.165) is 12.0 Å². The fourth-order valence-corrected chi connectivity index (χ4v) is 1.66. The highest BCUT2D eigenvalue weighted by Gasteiger charge is 2.07. The van der Waals surface area contributed by atoms with Gasteiger partial charge in [0.05, 0.1) is 0 Å². The Balaban J connectivity index is 2.51. The number of benzene rings is 1. The fourth-order valence-electron chi connectivity index (χ4n) is 1.66. The topological polar surface area (TPSA) is 78.4 Å². The minimum Gasteiger partial charge on any atom is -0.481 e. The van der Waals surface area contributed by atoms with Crippen molar-refractivity contribution in [3.05, 3.63) is 29.8 Å². The van der Waals surface area contributed by atoms with Crippen LogP contribution in [0.1, 0.15) is 24.8 Å². The molecule has 3 N–H and O–H groups in total. The number of hydrogen-bond donors (Lipinski definition) is 3. The summed E-state index contributed by atoms with van der Waals surface area (Å²) < 4.78 is 0. The van der Waals surface area contributed by atoms with Crippen molar-refractivity contribution in [1.82, 2.24) is 5.32 Å². The molecule has 0 bridgehead atoms. The number of aliphatic carboxylic acids is 1. The predicted octanol–water partition coefficient (Wildman–Crippen LogP) is 2.24. The summed E-state index contributed by atoms with van der Waals surface area (Å²) in [5.74, 6) is 1.64. The molecule has 0 aliphatic heterocycles. The molecule has 2 amide bonds. The molecular weight excluding hydrogens is 256 g/mol. The van der Waals surface area contributed by atoms with Crippen LogP contribution in [-0.2, 0) is 11.2 Å². The molecule has 1 aromatic carbocycles. The normalized spacial score (nSPS) is 9.55. The predicted molar refractivity (Wildman–Crippen MR) is 77.5 cm³/mol. The number of amides is 2. The summed E-state index contributed by atoms with van der Waals surface area (Å²) >= 11 is 0. The van der Waals surface area contributed by atoms with Crippen LogP contribution >= 0.6 is 0 Å². The van der Waals surface area contributed by atoms with E-state index in [-0.39, 0.29) is 12.5 Å². The number of aryl methyl sites for hydroxylation is 1. The van der Waals surface area contributed by atoms with E-state index in [9.17, 15) is 9.59 Å². The number of urea groups is 1. The summed E-state index contributed by atoms with van der Waals surface area (Å²) in [4.78, 5) is 22.3. The van der Waals surface area contributed by atoms with E-state index in [2.05, 4.69) is 16.6 Å². The van der Waals surface area contributed by atoms with E-state index >= 15 is 0 Å². The number of carbonyl (C=O) groups excluding carboxylic acids is 1. The Morgan fingerprint density at radius 3 is 2.75 bits per heavy atom. The molecule has 5 nitrogen and oxygen atoms in total. The lowest BCUT2D eigenvalue weighted by Crippen LogP contribution is -2.29. The van der Waals surface area contributed by atoms with Crippen molar-refractivity contribution < 1.29 is 14.7 Å². The maximum absolute atomic E-state index is 11.7. The zero-order valence-corrected chi connectivity index (χ0v) is 11.2. The highest BCUT2D eigenvalue weighted by molar-refractivity contribution is 5.90. The zero-order chi connectivity index (χ0) is 14.8. The first kappa shape index (κ1) is 15.6. The Bertz CT molecular complexity index is 506. The lowest BCUT2D eigenvalue weighted by atomic mass is 10.1. The lowest BCUT2D eigenvalue weighted by molar-refractivity contribution is -0.136. The third-order valence-corrected chi connectivity index (χ3v) is 2.66. The van der Waals surface area contributed by atoms with Gasteiger partial charge in [0.2, 0.25) is 0 Å². The summed E-state index contributed by atoms with van der Waals surface area (Å²) in [5.41, 5.74) is 1.43. The molecule has 0 aliphatic carbocycles. The van der Waals surface area contributed by atoms with Gasteiger partial charge in [-0.25, -0.2) is 4.79 Å². The van der Waals surface area contributed by atoms with E-state index in [4.69, 9.17) is 11.5 Å². The highest BCUT2D eigenvalue weighted by Crippen LogP contribution is 2.16. The summed E-state index contributed by atoms with van der Waals surface area (Å²) in [6.07, 6.45) is 6.88. The molecule has 20 heavy (non-hydrogen) atoms. The number of carbonyl (C=O) groups is 2. The largest absolute Gasteiger partial charge is 0.481 e. The molecule has 0 radical (unpaired) electrons. The Hall–Kier alpha value is -2.48. The first-order valence-electron chi connectivity index (χ1n) is 6.41. The van der Waals surface area contributed by atoms with E-state index < -0.39 is 5.97 Å². The van der Waals surface area contributed by atoms with Gasteiger partial charge in [0, 0.05) is 25.1 Å². The molecule has 0 aromatic heterocycles. The molecule has 106 valence electrons. The van der Waals surface area contributed by atoms with Crippen LogP contribution < -0.4 is 10.6 Å². The molecule has 0 fully saturated rings. The highest BCUT2D eigenvalue weighted by atomic mass is 16.4. The van der Waals surface area contributed by atoms with Crippen LogP contribution in [0.15, 0.2) is 24.3 Å². The Morgan fingerprint density at radius 1 is 1.30 bits per heavy atom. The Morgan fingerprint density at radius 2 is 2.05 bits per heavy atom. The maximum Gasteiger partial charge on any atom is 0.319 e. The van der Waals surface area contributed by atoms with Gasteiger partial charge in [0.1, 0.15) is 0 Å². The summed E-state index contributed by atoms with van der Waals surface area (Å²) in [6.45, 7) is 0.507. The number of unbranched alkanes of at least 4 members (excludes halogenated alkanes) is 1. The number of carboxylic acid groups (broad SMARTS) is 1. The van der Waals surface area contributed by atoms with E-state index in [1.165, 1.54) is 0 Å². The number of rotatable bonds is 7. The number of para-hydroxylation sites is 1. The first-order chi connectivity index (χ1) is 9.63. The van der Waals surface area contributed by atoms with Gasteiger partial charge in [-0.3, -0.25) is 4.79 Å². The lowest BCUT2D eigenvalue weighted by Gasteiger charge is -2.11. The van der Waals surface area contributed by atoms with Crippen molar-refractivity contribution in [2.75, 3.05) is 11.9 Å². The average Bonchev–Trinajstić information content (AvgIpc) is 2.42. The molecule has 0 aliphatic rings. The minimum atomic E-state index is -0.862. The second-order valence-corrected chi connectivity index (χ2v) is 4.24. The fraction of sp³-hybridized carbons (Fsp3) is 0.333. The second kappa shape index (κ2) is 8.59. The summed E-state index contributed by atoms with van der Waals surface area (Å²) in [7, 11) is 0. The minimum absolute atomic E-state index is 0.0302. The van der Waals surface area contributed by atoms with Crippen molar-refractivity contribution >= 4 is 17.7 Å². The van der Waals surface area contributed by atoms with Crippen molar-refractivity contribution in [1.29, 1.82) is 0 Å². The number of nitrogens with one attached hydrogen (secondary N) is 2. The molecule has 0 unspecified atom stereocenters. The molecule has 1 rings (SSSR count). The molecule has 5 heteroatoms. The van der Waals surface area contributed by atoms with Crippen molar-refractivity contribution in [3.63, 3.8) is 0 Å². The van der Waals surface area contributed by atoms with Crippen LogP contribution in [0.3, 0.4) is 0 Å². The van der Waals surface area contributed by atoms with Crippen LogP contribution in [0, 0.1) is 12.3 Å². The van der Waals surface area contributed by atoms with Crippen molar-refractivity contribution in [3.8, 4) is 12.3 Å². The van der Waals surface area contributed by atoms with E-state index in [1.807, 2.05) is 6.07 Å². The van der Waals surface area contributed by atoms with Crippen LogP contribution in [-0.4, -0.2) is 23.7 Å². The molecule has 0 saturated heterocycles. The van der Waals surface area contributed by atoms with Crippen molar-refractivity contribution in [2.24, 2.45) is 0 Å². The second-order valence-electron chi connectivity index (χ2n) is 4.24. The summed E-state index contributed by atoms with van der Waals surface area (Å²) in [6, 6.07) is 6.84. The van der Waals surface area contributed by atoms with Crippen LogP contribution in [0.5, 0.6) is 0 Å². The number of carboxylic acids is 1. The van der Waals surface area contributed by atoms with Crippen LogP contribution in [0.2, 0.25) is 0 Å². The Kier molecular flexibility index (Phi) is 6.69. The smallest absolute Gasteiger partial charge is 0.319 e. The number of anilines is 1. The third-order valence-electron chi connectivity index (χ3n) is 2.66. The van der Waals surface area contributed by atoms with Gasteiger partial charge in [0.15, 0.2) is 0 Å².